The van der Waals surface area contributed by atoms with Gasteiger partial charge in [0.2, 0.25) is 0 Å². The van der Waals surface area contributed by atoms with E-state index in [4.69, 9.17) is 4.74 Å². The van der Waals surface area contributed by atoms with Crippen molar-refractivity contribution in [2.24, 2.45) is 5.92 Å². The van der Waals surface area contributed by atoms with Crippen LogP contribution in [0.3, 0.4) is 0 Å². The Balaban J connectivity index is 3.83. The maximum Gasteiger partial charge on any atom is 0.0644 e. The van der Waals surface area contributed by atoms with Gasteiger partial charge in [0.05, 0.1) is 5.60 Å². The highest BCUT2D eigenvalue weighted by molar-refractivity contribution is 4.75. The number of hydrogen-bond acceptors (Lipinski definition) is 2. The molecule has 0 saturated carbocycles. The van der Waals surface area contributed by atoms with Crippen molar-refractivity contribution in [3.63, 3.8) is 0 Å². The lowest BCUT2D eigenvalue weighted by atomic mass is 9.87. The Bertz CT molecular complexity index is 117. The van der Waals surface area contributed by atoms with Crippen molar-refractivity contribution in [1.29, 1.82) is 0 Å². The average molecular weight is 188 g/mol. The molecular weight excluding hydrogens is 164 g/mol. The molecule has 0 aromatic heterocycles. The van der Waals surface area contributed by atoms with Crippen LogP contribution in [0, 0.1) is 5.92 Å². The number of rotatable bonds is 7. The number of hydrogen-bond donors (Lipinski definition) is 1. The van der Waals surface area contributed by atoms with Crippen molar-refractivity contribution in [1.82, 2.24) is 0 Å². The van der Waals surface area contributed by atoms with Crippen molar-refractivity contribution in [2.45, 2.75) is 52.1 Å². The van der Waals surface area contributed by atoms with Crippen LogP contribution in [0.15, 0.2) is 0 Å². The first-order valence-corrected chi connectivity index (χ1v) is 5.27. The third-order valence-corrected chi connectivity index (χ3v) is 2.73. The van der Waals surface area contributed by atoms with Crippen molar-refractivity contribution in [3.8, 4) is 0 Å². The van der Waals surface area contributed by atoms with Crippen LogP contribution in [0.2, 0.25) is 0 Å². The highest BCUT2D eigenvalue weighted by Gasteiger charge is 2.23. The van der Waals surface area contributed by atoms with Crippen molar-refractivity contribution in [2.75, 3.05) is 13.7 Å². The highest BCUT2D eigenvalue weighted by atomic mass is 16.5. The Labute approximate surface area is 82.3 Å². The molecule has 0 fully saturated rings. The molecule has 2 heteroatoms. The zero-order valence-corrected chi connectivity index (χ0v) is 9.47. The van der Waals surface area contributed by atoms with Gasteiger partial charge in [-0.2, -0.15) is 0 Å². The second kappa shape index (κ2) is 6.39. The zero-order valence-electron chi connectivity index (χ0n) is 9.47. The molecule has 1 N–H and O–H groups in total. The van der Waals surface area contributed by atoms with Gasteiger partial charge < -0.3 is 9.84 Å². The maximum atomic E-state index is 10.00. The number of ether oxygens (including phenoxy) is 1. The van der Waals surface area contributed by atoms with Gasteiger partial charge in [-0.25, -0.2) is 0 Å². The smallest absolute Gasteiger partial charge is 0.0644 e. The van der Waals surface area contributed by atoms with E-state index >= 15 is 0 Å². The van der Waals surface area contributed by atoms with E-state index in [1.54, 1.807) is 7.11 Å². The minimum Gasteiger partial charge on any atom is -0.390 e. The maximum absolute atomic E-state index is 10.00. The molecule has 80 valence electrons. The van der Waals surface area contributed by atoms with Gasteiger partial charge in [0, 0.05) is 13.7 Å². The van der Waals surface area contributed by atoms with Crippen LogP contribution in [-0.2, 0) is 4.74 Å². The Morgan fingerprint density at radius 2 is 1.85 bits per heavy atom. The van der Waals surface area contributed by atoms with Gasteiger partial charge in [-0.1, -0.05) is 26.7 Å². The normalized spacial score (nSPS) is 16.2. The fourth-order valence-corrected chi connectivity index (χ4v) is 1.62. The van der Waals surface area contributed by atoms with Gasteiger partial charge in [0.15, 0.2) is 0 Å². The Morgan fingerprint density at radius 1 is 1.31 bits per heavy atom. The van der Waals surface area contributed by atoms with Gasteiger partial charge in [-0.05, 0) is 25.7 Å². The van der Waals surface area contributed by atoms with Crippen molar-refractivity contribution in [3.05, 3.63) is 0 Å². The van der Waals surface area contributed by atoms with Gasteiger partial charge in [0.1, 0.15) is 0 Å². The number of methoxy groups -OCH3 is 1. The van der Waals surface area contributed by atoms with Crippen molar-refractivity contribution < 1.29 is 9.84 Å². The SMILES string of the molecule is CCC(CC)CC(C)(O)CCOC. The van der Waals surface area contributed by atoms with Crippen molar-refractivity contribution >= 4 is 0 Å². The lowest BCUT2D eigenvalue weighted by Gasteiger charge is -2.27. The van der Waals surface area contributed by atoms with Crippen LogP contribution in [-0.4, -0.2) is 24.4 Å². The van der Waals surface area contributed by atoms with Crippen LogP contribution in [0.25, 0.3) is 0 Å². The van der Waals surface area contributed by atoms with Crippen LogP contribution in [0.5, 0.6) is 0 Å². The summed E-state index contributed by atoms with van der Waals surface area (Å²) in [7, 11) is 1.67. The van der Waals surface area contributed by atoms with Gasteiger partial charge in [-0.3, -0.25) is 0 Å². The van der Waals surface area contributed by atoms with E-state index < -0.39 is 5.60 Å². The topological polar surface area (TPSA) is 29.5 Å². The van der Waals surface area contributed by atoms with E-state index in [0.717, 1.165) is 25.7 Å². The second-order valence-corrected chi connectivity index (χ2v) is 4.13. The molecule has 0 amide bonds. The molecule has 0 aliphatic carbocycles. The summed E-state index contributed by atoms with van der Waals surface area (Å²) in [6.07, 6.45) is 3.93. The molecule has 2 nitrogen and oxygen atoms in total. The Morgan fingerprint density at radius 3 is 2.23 bits per heavy atom. The molecule has 0 aliphatic heterocycles. The third kappa shape index (κ3) is 6.05. The molecule has 0 spiro atoms. The Hall–Kier alpha value is -0.0800. The molecule has 0 bridgehead atoms. The molecule has 0 aromatic rings. The Kier molecular flexibility index (Phi) is 6.35. The first-order valence-electron chi connectivity index (χ1n) is 5.27. The van der Waals surface area contributed by atoms with Crippen LogP contribution in [0.4, 0.5) is 0 Å². The van der Waals surface area contributed by atoms with Gasteiger partial charge >= 0.3 is 0 Å². The second-order valence-electron chi connectivity index (χ2n) is 4.13. The van der Waals surface area contributed by atoms with Crippen LogP contribution >= 0.6 is 0 Å². The summed E-state index contributed by atoms with van der Waals surface area (Å²) in [5.41, 5.74) is -0.549. The minimum absolute atomic E-state index is 0.549. The molecule has 0 saturated heterocycles. The molecule has 0 rings (SSSR count). The fourth-order valence-electron chi connectivity index (χ4n) is 1.62. The van der Waals surface area contributed by atoms with E-state index in [-0.39, 0.29) is 0 Å². The number of aliphatic hydroxyl groups is 1. The quantitative estimate of drug-likeness (QED) is 0.665. The van der Waals surface area contributed by atoms with E-state index in [1.807, 2.05) is 6.92 Å². The lowest BCUT2D eigenvalue weighted by molar-refractivity contribution is 0.00296. The summed E-state index contributed by atoms with van der Waals surface area (Å²) < 4.78 is 4.97. The van der Waals surface area contributed by atoms with E-state index in [9.17, 15) is 5.11 Å². The summed E-state index contributed by atoms with van der Waals surface area (Å²) in [6.45, 7) is 6.92. The molecule has 0 radical (unpaired) electrons. The standard InChI is InChI=1S/C11H24O2/c1-5-10(6-2)9-11(3,12)7-8-13-4/h10,12H,5-9H2,1-4H3. The largest absolute Gasteiger partial charge is 0.390 e. The van der Waals surface area contributed by atoms with Crippen LogP contribution in [0.1, 0.15) is 46.5 Å². The molecule has 0 heterocycles. The van der Waals surface area contributed by atoms with Gasteiger partial charge in [-0.15, -0.1) is 0 Å². The summed E-state index contributed by atoms with van der Waals surface area (Å²) in [5.74, 6) is 0.645. The highest BCUT2D eigenvalue weighted by Crippen LogP contribution is 2.24. The summed E-state index contributed by atoms with van der Waals surface area (Å²) in [5, 5.41) is 10.00. The summed E-state index contributed by atoms with van der Waals surface area (Å²) >= 11 is 0. The predicted octanol–water partition coefficient (Wildman–Crippen LogP) is 2.60. The third-order valence-electron chi connectivity index (χ3n) is 2.73. The zero-order chi connectivity index (χ0) is 10.3. The average Bonchev–Trinajstić information content (AvgIpc) is 2.11. The monoisotopic (exact) mass is 188 g/mol. The summed E-state index contributed by atoms with van der Waals surface area (Å²) in [4.78, 5) is 0. The first kappa shape index (κ1) is 12.9. The molecule has 0 aliphatic rings. The fraction of sp³-hybridized carbons (Fsp3) is 1.00. The molecular formula is C11H24O2. The lowest BCUT2D eigenvalue weighted by Crippen LogP contribution is -2.28. The predicted molar refractivity (Wildman–Crippen MR) is 55.8 cm³/mol. The van der Waals surface area contributed by atoms with E-state index in [0.29, 0.717) is 12.5 Å². The molecule has 13 heavy (non-hydrogen) atoms. The molecule has 0 aromatic carbocycles. The minimum atomic E-state index is -0.549. The van der Waals surface area contributed by atoms with Gasteiger partial charge in [0.25, 0.3) is 0 Å². The first-order chi connectivity index (χ1) is 6.05. The van der Waals surface area contributed by atoms with Crippen LogP contribution < -0.4 is 0 Å². The summed E-state index contributed by atoms with van der Waals surface area (Å²) in [6, 6.07) is 0. The van der Waals surface area contributed by atoms with E-state index in [1.165, 1.54) is 0 Å². The van der Waals surface area contributed by atoms with E-state index in [2.05, 4.69) is 13.8 Å². The molecule has 1 unspecified atom stereocenters. The molecule has 1 atom stereocenters.